The van der Waals surface area contributed by atoms with Gasteiger partial charge in [0.25, 0.3) is 5.91 Å². The lowest BCUT2D eigenvalue weighted by Gasteiger charge is -2.44. The minimum atomic E-state index is -1.55. The molecule has 8 bridgehead atoms. The molecule has 4 aromatic carbocycles. The van der Waals surface area contributed by atoms with Crippen molar-refractivity contribution in [3.63, 3.8) is 0 Å². The molecule has 3 N–H and O–H groups in total. The molecule has 0 aliphatic carbocycles. The summed E-state index contributed by atoms with van der Waals surface area (Å²) in [6.07, 6.45) is -0.246. The van der Waals surface area contributed by atoms with Crippen molar-refractivity contribution in [1.82, 2.24) is 25.3 Å². The number of aryl methyl sites for hydroxylation is 2. The number of nitrogens with one attached hydrogen (secondary N) is 3. The molecule has 5 atom stereocenters. The second-order valence-corrected chi connectivity index (χ2v) is 18.1. The van der Waals surface area contributed by atoms with Gasteiger partial charge in [-0.15, -0.1) is 0 Å². The third-order valence-electron chi connectivity index (χ3n) is 13.0. The number of aromatic amines is 2. The molecular formula is C59H51N5O10. The number of fused-ring (bicyclic) bond motifs is 8. The van der Waals surface area contributed by atoms with Crippen LogP contribution in [0, 0.1) is 0 Å². The van der Waals surface area contributed by atoms with Gasteiger partial charge >= 0.3 is 23.9 Å². The second-order valence-electron chi connectivity index (χ2n) is 18.1. The Morgan fingerprint density at radius 3 is 1.41 bits per heavy atom. The first kappa shape index (κ1) is 48.7. The van der Waals surface area contributed by atoms with E-state index >= 15 is 0 Å². The Balaban J connectivity index is 1.13. The van der Waals surface area contributed by atoms with Crippen LogP contribution in [0.4, 0.5) is 0 Å². The molecule has 0 spiro atoms. The van der Waals surface area contributed by atoms with Gasteiger partial charge in [0, 0.05) is 77.6 Å². The summed E-state index contributed by atoms with van der Waals surface area (Å²) in [5.41, 5.74) is 14.4. The van der Waals surface area contributed by atoms with Crippen LogP contribution in [-0.4, -0.2) is 87.0 Å². The number of carbonyl (C=O) groups excluding carboxylic acids is 5. The van der Waals surface area contributed by atoms with Gasteiger partial charge in [-0.1, -0.05) is 103 Å². The molecule has 15 nitrogen and oxygen atoms in total. The number of esters is 4. The normalized spacial score (nSPS) is 18.0. The number of hydrogen-bond acceptors (Lipinski definition) is 12. The van der Waals surface area contributed by atoms with Crippen molar-refractivity contribution in [2.24, 2.45) is 0 Å². The first-order valence-electron chi connectivity index (χ1n) is 24.2. The fraction of sp³-hybridized carbons (Fsp3) is 0.203. The van der Waals surface area contributed by atoms with Crippen molar-refractivity contribution in [2.75, 3.05) is 6.61 Å². The molecule has 0 saturated carbocycles. The van der Waals surface area contributed by atoms with Crippen molar-refractivity contribution in [3.8, 4) is 44.5 Å². The maximum Gasteiger partial charge on any atom is 0.305 e. The highest BCUT2D eigenvalue weighted by Crippen LogP contribution is 2.39. The van der Waals surface area contributed by atoms with Crippen LogP contribution in [-0.2, 0) is 55.7 Å². The van der Waals surface area contributed by atoms with Crippen molar-refractivity contribution >= 4 is 64.0 Å². The molecule has 7 aromatic rings. The van der Waals surface area contributed by atoms with Gasteiger partial charge < -0.3 is 39.0 Å². The summed E-state index contributed by atoms with van der Waals surface area (Å²) in [6.45, 7) is 4.15. The summed E-state index contributed by atoms with van der Waals surface area (Å²) in [5, 5.41) is 2.81. The van der Waals surface area contributed by atoms with Crippen LogP contribution in [0.5, 0.6) is 0 Å². The number of amides is 1. The number of aromatic nitrogens is 4. The standard InChI is InChI=1S/C59H51N5O10/c1-33(65)70-32-50-56(71-34(2)66)57(72-35(3)67)55(59(74-50)73-36(4)68)64-58(69)41-22-20-40(21-23-41)54-48-30-28-46(62-48)52(38-16-10-6-11-17-38)44-26-24-42(60-44)51(37-14-8-5-9-15-37)43-25-27-45(61-43)53(39-18-12-7-13-19-39)47-29-31-49(54)63-47/h5-28,30,50,55-57,59,61-62H,29,31-32H2,1-4H3,(H,64,69)/t50-,55-,56-,57-,59-/m1/s1. The molecule has 372 valence electrons. The molecule has 3 aromatic heterocycles. The van der Waals surface area contributed by atoms with E-state index in [0.29, 0.717) is 12.8 Å². The number of ether oxygens (including phenoxy) is 5. The monoisotopic (exact) mass is 989 g/mol. The van der Waals surface area contributed by atoms with Crippen LogP contribution < -0.4 is 5.32 Å². The maximum absolute atomic E-state index is 14.3. The third-order valence-corrected chi connectivity index (χ3v) is 13.0. The van der Waals surface area contributed by atoms with E-state index in [-0.39, 0.29) is 5.56 Å². The summed E-state index contributed by atoms with van der Waals surface area (Å²) in [7, 11) is 0. The lowest BCUT2D eigenvalue weighted by Crippen LogP contribution is -2.67. The van der Waals surface area contributed by atoms with Crippen LogP contribution >= 0.6 is 0 Å². The van der Waals surface area contributed by atoms with Crippen LogP contribution in [0.1, 0.15) is 60.8 Å². The van der Waals surface area contributed by atoms with Gasteiger partial charge in [-0.05, 0) is 83.6 Å². The predicted molar refractivity (Wildman–Crippen MR) is 279 cm³/mol. The van der Waals surface area contributed by atoms with Gasteiger partial charge in [0.2, 0.25) is 6.29 Å². The van der Waals surface area contributed by atoms with E-state index in [9.17, 15) is 24.0 Å². The largest absolute Gasteiger partial charge is 0.463 e. The number of H-pyrrole nitrogens is 2. The zero-order valence-electron chi connectivity index (χ0n) is 40.9. The fourth-order valence-electron chi connectivity index (χ4n) is 9.88. The van der Waals surface area contributed by atoms with E-state index in [1.807, 2.05) is 72.8 Å². The molecule has 3 aliphatic heterocycles. The number of rotatable bonds is 11. The molecule has 10 rings (SSSR count). The molecular weight excluding hydrogens is 939 g/mol. The highest BCUT2D eigenvalue weighted by atomic mass is 16.7. The van der Waals surface area contributed by atoms with Gasteiger partial charge in [-0.2, -0.15) is 0 Å². The summed E-state index contributed by atoms with van der Waals surface area (Å²) in [4.78, 5) is 82.0. The van der Waals surface area contributed by atoms with Crippen LogP contribution in [0.25, 0.3) is 78.7 Å². The second kappa shape index (κ2) is 21.0. The van der Waals surface area contributed by atoms with E-state index in [4.69, 9.17) is 33.7 Å². The SMILES string of the molecule is CC(=O)OC[C@H]1O[C@@H](OC(C)=O)[C@H](NC(=O)c2ccc(-c3c4nc(c(-c5ccccc5)c5ccc([nH]5)c(-c5ccccc5)c5nc(c(-c6ccccc6)c6ccc3[nH]6)C=C5)CC4)cc2)[C@@H](OC(C)=O)[C@@H]1OC(C)=O. The average molecular weight is 990 g/mol. The minimum absolute atomic E-state index is 0.191. The summed E-state index contributed by atoms with van der Waals surface area (Å²) in [5.74, 6) is -3.65. The van der Waals surface area contributed by atoms with Gasteiger partial charge in [-0.25, -0.2) is 4.98 Å². The molecule has 15 heteroatoms. The molecule has 0 radical (unpaired) electrons. The molecule has 1 fully saturated rings. The minimum Gasteiger partial charge on any atom is -0.463 e. The highest BCUT2D eigenvalue weighted by molar-refractivity contribution is 5.98. The quantitative estimate of drug-likeness (QED) is 0.0820. The van der Waals surface area contributed by atoms with E-state index in [1.165, 1.54) is 6.92 Å². The number of hydrogen-bond donors (Lipinski definition) is 3. The topological polar surface area (TPSA) is 201 Å². The molecule has 74 heavy (non-hydrogen) atoms. The summed E-state index contributed by atoms with van der Waals surface area (Å²) in [6, 6.07) is 44.5. The number of benzene rings is 4. The van der Waals surface area contributed by atoms with Crippen molar-refractivity contribution in [3.05, 3.63) is 168 Å². The number of nitrogens with zero attached hydrogens (tertiary/aromatic N) is 2. The lowest BCUT2D eigenvalue weighted by molar-refractivity contribution is -0.270. The van der Waals surface area contributed by atoms with E-state index in [0.717, 1.165) is 110 Å². The zero-order valence-corrected chi connectivity index (χ0v) is 40.9. The molecule has 0 unspecified atom stereocenters. The van der Waals surface area contributed by atoms with Gasteiger partial charge in [0.05, 0.1) is 22.8 Å². The van der Waals surface area contributed by atoms with Gasteiger partial charge in [0.15, 0.2) is 12.2 Å². The van der Waals surface area contributed by atoms with Crippen molar-refractivity contribution < 1.29 is 47.7 Å². The van der Waals surface area contributed by atoms with Gasteiger partial charge in [-0.3, -0.25) is 29.0 Å². The Morgan fingerprint density at radius 2 is 0.946 bits per heavy atom. The van der Waals surface area contributed by atoms with Gasteiger partial charge in [0.1, 0.15) is 18.8 Å². The molecule has 3 aliphatic rings. The lowest BCUT2D eigenvalue weighted by atomic mass is 9.95. The number of carbonyl (C=O) groups is 5. The Labute approximate surface area is 425 Å². The predicted octanol–water partition coefficient (Wildman–Crippen LogP) is 9.75. The first-order chi connectivity index (χ1) is 35.9. The smallest absolute Gasteiger partial charge is 0.305 e. The Hall–Kier alpha value is -8.95. The molecule has 1 saturated heterocycles. The third kappa shape index (κ3) is 10.2. The van der Waals surface area contributed by atoms with E-state index in [1.54, 1.807) is 12.1 Å². The van der Waals surface area contributed by atoms with Crippen LogP contribution in [0.2, 0.25) is 0 Å². The van der Waals surface area contributed by atoms with Crippen molar-refractivity contribution in [2.45, 2.75) is 71.2 Å². The van der Waals surface area contributed by atoms with E-state index in [2.05, 4.69) is 82.0 Å². The molecule has 6 heterocycles. The van der Waals surface area contributed by atoms with Crippen LogP contribution in [0.3, 0.4) is 0 Å². The summed E-state index contributed by atoms with van der Waals surface area (Å²) < 4.78 is 27.9. The Kier molecular flexibility index (Phi) is 13.8. The molecule has 1 amide bonds. The summed E-state index contributed by atoms with van der Waals surface area (Å²) >= 11 is 0. The van der Waals surface area contributed by atoms with Crippen molar-refractivity contribution in [1.29, 1.82) is 0 Å². The first-order valence-corrected chi connectivity index (χ1v) is 24.2. The fourth-order valence-corrected chi connectivity index (χ4v) is 9.88. The Bertz CT molecular complexity index is 3500. The zero-order chi connectivity index (χ0) is 51.5. The average Bonchev–Trinajstić information content (AvgIpc) is 4.25. The highest BCUT2D eigenvalue weighted by Gasteiger charge is 2.52. The Morgan fingerprint density at radius 1 is 0.514 bits per heavy atom. The van der Waals surface area contributed by atoms with E-state index < -0.39 is 67.0 Å². The van der Waals surface area contributed by atoms with Crippen LogP contribution in [0.15, 0.2) is 140 Å². The maximum atomic E-state index is 14.3.